The standard InChI is InChI=1S/C25H31I/c1-25(2)23-14-19(18-8-7-16-5-3-4-6-17(16)13-18)9-11-21(23)22-12-10-20(26)15-24(22)25/h3,5,10,12,15-19H,4,6-9,11,13-14H2,1-2H3. The van der Waals surface area contributed by atoms with Crippen LogP contribution in [-0.2, 0) is 5.41 Å². The molecule has 0 spiro atoms. The van der Waals surface area contributed by atoms with E-state index in [4.69, 9.17) is 0 Å². The highest BCUT2D eigenvalue weighted by Crippen LogP contribution is 2.55. The molecule has 1 fully saturated rings. The van der Waals surface area contributed by atoms with Gasteiger partial charge in [-0.3, -0.25) is 0 Å². The van der Waals surface area contributed by atoms with Crippen LogP contribution < -0.4 is 0 Å². The molecule has 4 aliphatic rings. The molecule has 0 N–H and O–H groups in total. The van der Waals surface area contributed by atoms with E-state index in [1.165, 1.54) is 54.9 Å². The molecule has 1 saturated carbocycles. The van der Waals surface area contributed by atoms with Crippen LogP contribution in [0.2, 0.25) is 0 Å². The summed E-state index contributed by atoms with van der Waals surface area (Å²) in [5.41, 5.74) is 6.92. The van der Waals surface area contributed by atoms with Crippen molar-refractivity contribution in [1.29, 1.82) is 0 Å². The van der Waals surface area contributed by atoms with Gasteiger partial charge >= 0.3 is 0 Å². The highest BCUT2D eigenvalue weighted by atomic mass is 127. The van der Waals surface area contributed by atoms with Crippen LogP contribution >= 0.6 is 22.6 Å². The zero-order chi connectivity index (χ0) is 17.9. The molecule has 0 amide bonds. The van der Waals surface area contributed by atoms with Gasteiger partial charge in [0.1, 0.15) is 0 Å². The van der Waals surface area contributed by atoms with Gasteiger partial charge in [-0.05, 0) is 126 Å². The Morgan fingerprint density at radius 1 is 1.00 bits per heavy atom. The van der Waals surface area contributed by atoms with Gasteiger partial charge in [0.15, 0.2) is 0 Å². The fraction of sp³-hybridized carbons (Fsp3) is 0.600. The van der Waals surface area contributed by atoms with E-state index in [9.17, 15) is 0 Å². The summed E-state index contributed by atoms with van der Waals surface area (Å²) in [4.78, 5) is 0. The topological polar surface area (TPSA) is 0 Å². The first kappa shape index (κ1) is 17.5. The monoisotopic (exact) mass is 458 g/mol. The minimum absolute atomic E-state index is 0.245. The first-order chi connectivity index (χ1) is 12.5. The Labute approximate surface area is 172 Å². The average molecular weight is 458 g/mol. The van der Waals surface area contributed by atoms with Gasteiger partial charge in [0.25, 0.3) is 0 Å². The SMILES string of the molecule is CC1(C)C2=C(CCC(C3CCC4C=CCCC4C3)C2)c2ccc(I)cc21. The summed E-state index contributed by atoms with van der Waals surface area (Å²) in [6.45, 7) is 4.96. The van der Waals surface area contributed by atoms with Crippen LogP contribution in [0.1, 0.15) is 76.3 Å². The second-order valence-electron chi connectivity index (χ2n) is 9.78. The lowest BCUT2D eigenvalue weighted by Crippen LogP contribution is -2.31. The van der Waals surface area contributed by atoms with Gasteiger partial charge in [0.05, 0.1) is 0 Å². The molecule has 26 heavy (non-hydrogen) atoms. The number of hydrogen-bond acceptors (Lipinski definition) is 0. The van der Waals surface area contributed by atoms with Crippen LogP contribution in [-0.4, -0.2) is 0 Å². The largest absolute Gasteiger partial charge is 0.0882 e. The maximum atomic E-state index is 2.55. The molecule has 0 heterocycles. The molecule has 0 bridgehead atoms. The van der Waals surface area contributed by atoms with E-state index in [1.54, 1.807) is 22.3 Å². The number of fused-ring (bicyclic) bond motifs is 3. The van der Waals surface area contributed by atoms with Crippen LogP contribution in [0.3, 0.4) is 0 Å². The third kappa shape index (κ3) is 2.75. The molecule has 0 aromatic heterocycles. The fourth-order valence-electron chi connectivity index (χ4n) is 6.68. The first-order valence-corrected chi connectivity index (χ1v) is 11.8. The van der Waals surface area contributed by atoms with Crippen molar-refractivity contribution in [3.05, 3.63) is 50.6 Å². The third-order valence-corrected chi connectivity index (χ3v) is 8.84. The summed E-state index contributed by atoms with van der Waals surface area (Å²) in [6, 6.07) is 7.15. The van der Waals surface area contributed by atoms with Gasteiger partial charge < -0.3 is 0 Å². The molecule has 1 aromatic rings. The van der Waals surface area contributed by atoms with Crippen molar-refractivity contribution in [2.45, 2.75) is 70.6 Å². The highest BCUT2D eigenvalue weighted by molar-refractivity contribution is 14.1. The molecule has 5 rings (SSSR count). The second-order valence-corrected chi connectivity index (χ2v) is 11.0. The van der Waals surface area contributed by atoms with Crippen molar-refractivity contribution in [2.24, 2.45) is 23.7 Å². The summed E-state index contributed by atoms with van der Waals surface area (Å²) < 4.78 is 1.38. The van der Waals surface area contributed by atoms with E-state index in [1.807, 2.05) is 0 Å². The number of allylic oxidation sites excluding steroid dienone is 4. The minimum Gasteiger partial charge on any atom is -0.0882 e. The second kappa shape index (κ2) is 6.50. The molecule has 138 valence electrons. The quantitative estimate of drug-likeness (QED) is 0.302. The molecule has 4 unspecified atom stereocenters. The number of benzene rings is 1. The Bertz CT molecular complexity index is 781. The molecule has 1 heteroatoms. The minimum atomic E-state index is 0.245. The van der Waals surface area contributed by atoms with Crippen molar-refractivity contribution in [3.8, 4) is 0 Å². The Morgan fingerprint density at radius 2 is 1.88 bits per heavy atom. The van der Waals surface area contributed by atoms with Crippen LogP contribution in [0.15, 0.2) is 35.9 Å². The Kier molecular flexibility index (Phi) is 4.38. The van der Waals surface area contributed by atoms with Gasteiger partial charge in [-0.15, -0.1) is 0 Å². The number of rotatable bonds is 1. The van der Waals surface area contributed by atoms with Crippen LogP contribution in [0.25, 0.3) is 5.57 Å². The van der Waals surface area contributed by atoms with Crippen molar-refractivity contribution >= 4 is 28.2 Å². The normalized spacial score (nSPS) is 35.0. The molecular formula is C25H31I. The number of hydrogen-bond donors (Lipinski definition) is 0. The summed E-state index contributed by atoms with van der Waals surface area (Å²) >= 11 is 2.48. The fourth-order valence-corrected chi connectivity index (χ4v) is 7.17. The summed E-state index contributed by atoms with van der Waals surface area (Å²) in [5.74, 6) is 3.82. The van der Waals surface area contributed by atoms with Crippen LogP contribution in [0.4, 0.5) is 0 Å². The van der Waals surface area contributed by atoms with E-state index in [2.05, 4.69) is 66.8 Å². The van der Waals surface area contributed by atoms with E-state index in [-0.39, 0.29) is 5.41 Å². The maximum absolute atomic E-state index is 2.55. The number of halogens is 1. The Morgan fingerprint density at radius 3 is 2.77 bits per heavy atom. The lowest BCUT2D eigenvalue weighted by molar-refractivity contribution is 0.139. The van der Waals surface area contributed by atoms with Crippen molar-refractivity contribution in [3.63, 3.8) is 0 Å². The lowest BCUT2D eigenvalue weighted by Gasteiger charge is -2.42. The molecule has 4 atom stereocenters. The average Bonchev–Trinajstić information content (AvgIpc) is 2.88. The summed E-state index contributed by atoms with van der Waals surface area (Å²) in [6.07, 6.45) is 16.3. The van der Waals surface area contributed by atoms with Gasteiger partial charge in [-0.2, -0.15) is 0 Å². The predicted octanol–water partition coefficient (Wildman–Crippen LogP) is 7.52. The molecule has 4 aliphatic carbocycles. The molecule has 0 aliphatic heterocycles. The van der Waals surface area contributed by atoms with Gasteiger partial charge in [-0.1, -0.05) is 37.6 Å². The van der Waals surface area contributed by atoms with Crippen molar-refractivity contribution < 1.29 is 0 Å². The van der Waals surface area contributed by atoms with Crippen molar-refractivity contribution in [1.82, 2.24) is 0 Å². The lowest BCUT2D eigenvalue weighted by atomic mass is 9.63. The smallest absolute Gasteiger partial charge is 0.0133 e. The highest BCUT2D eigenvalue weighted by Gasteiger charge is 2.43. The van der Waals surface area contributed by atoms with Gasteiger partial charge in [-0.25, -0.2) is 0 Å². The molecular weight excluding hydrogens is 427 g/mol. The zero-order valence-corrected chi connectivity index (χ0v) is 18.4. The Hall–Kier alpha value is -0.570. The molecule has 0 saturated heterocycles. The van der Waals surface area contributed by atoms with Crippen LogP contribution in [0, 0.1) is 27.2 Å². The first-order valence-electron chi connectivity index (χ1n) is 10.7. The third-order valence-electron chi connectivity index (χ3n) is 8.17. The van der Waals surface area contributed by atoms with E-state index in [0.717, 1.165) is 23.7 Å². The Balaban J connectivity index is 1.39. The van der Waals surface area contributed by atoms with E-state index >= 15 is 0 Å². The molecule has 1 aromatic carbocycles. The van der Waals surface area contributed by atoms with Gasteiger partial charge in [0, 0.05) is 8.99 Å². The van der Waals surface area contributed by atoms with Gasteiger partial charge in [0.2, 0.25) is 0 Å². The molecule has 0 nitrogen and oxygen atoms in total. The summed E-state index contributed by atoms with van der Waals surface area (Å²) in [7, 11) is 0. The molecule has 0 radical (unpaired) electrons. The predicted molar refractivity (Wildman–Crippen MR) is 119 cm³/mol. The van der Waals surface area contributed by atoms with Crippen molar-refractivity contribution in [2.75, 3.05) is 0 Å². The summed E-state index contributed by atoms with van der Waals surface area (Å²) in [5, 5.41) is 0. The zero-order valence-electron chi connectivity index (χ0n) is 16.2. The van der Waals surface area contributed by atoms with E-state index < -0.39 is 0 Å². The maximum Gasteiger partial charge on any atom is 0.0133 e. The van der Waals surface area contributed by atoms with E-state index in [0.29, 0.717) is 0 Å². The van der Waals surface area contributed by atoms with Crippen LogP contribution in [0.5, 0.6) is 0 Å².